The Kier molecular flexibility index (Phi) is 4.68. The van der Waals surface area contributed by atoms with Crippen molar-refractivity contribution < 1.29 is 9.18 Å². The van der Waals surface area contributed by atoms with Gasteiger partial charge in [-0.2, -0.15) is 0 Å². The van der Waals surface area contributed by atoms with Gasteiger partial charge in [0.15, 0.2) is 0 Å². The zero-order valence-corrected chi connectivity index (χ0v) is 10.9. The van der Waals surface area contributed by atoms with Crippen molar-refractivity contribution >= 4 is 5.91 Å². The summed E-state index contributed by atoms with van der Waals surface area (Å²) in [7, 11) is 0. The molecule has 1 amide bonds. The van der Waals surface area contributed by atoms with Gasteiger partial charge >= 0.3 is 0 Å². The van der Waals surface area contributed by atoms with Crippen LogP contribution in [0.15, 0.2) is 36.9 Å². The second kappa shape index (κ2) is 6.48. The Bertz CT molecular complexity index is 457. The fourth-order valence-corrected chi connectivity index (χ4v) is 1.94. The van der Waals surface area contributed by atoms with Gasteiger partial charge in [-0.15, -0.1) is 6.58 Å². The van der Waals surface area contributed by atoms with Crippen LogP contribution >= 0.6 is 0 Å². The van der Waals surface area contributed by atoms with Crippen molar-refractivity contribution in [1.82, 2.24) is 10.2 Å². The number of carbonyl (C=O) groups excluding carboxylic acids is 1. The van der Waals surface area contributed by atoms with Crippen molar-refractivity contribution in [2.45, 2.75) is 25.4 Å². The predicted octanol–water partition coefficient (Wildman–Crippen LogP) is 2.09. The van der Waals surface area contributed by atoms with Crippen molar-refractivity contribution in [3.63, 3.8) is 0 Å². The van der Waals surface area contributed by atoms with Crippen LogP contribution in [-0.4, -0.2) is 29.9 Å². The van der Waals surface area contributed by atoms with Gasteiger partial charge in [-0.3, -0.25) is 9.69 Å². The molecule has 0 aliphatic heterocycles. The Hall–Kier alpha value is -1.68. The van der Waals surface area contributed by atoms with Gasteiger partial charge in [0.2, 0.25) is 5.91 Å². The Balaban J connectivity index is 1.92. The summed E-state index contributed by atoms with van der Waals surface area (Å²) in [5.41, 5.74) is 0.601. The van der Waals surface area contributed by atoms with Crippen LogP contribution in [0.3, 0.4) is 0 Å². The summed E-state index contributed by atoms with van der Waals surface area (Å²) >= 11 is 0. The largest absolute Gasteiger partial charge is 0.352 e. The third kappa shape index (κ3) is 4.48. The van der Waals surface area contributed by atoms with Crippen LogP contribution in [0.1, 0.15) is 18.4 Å². The molecule has 4 heteroatoms. The molecular weight excluding hydrogens is 243 g/mol. The first-order valence-electron chi connectivity index (χ1n) is 6.55. The highest BCUT2D eigenvalue weighted by atomic mass is 19.1. The minimum absolute atomic E-state index is 0.000638. The minimum atomic E-state index is -0.237. The molecule has 1 N–H and O–H groups in total. The highest BCUT2D eigenvalue weighted by Gasteiger charge is 2.24. The summed E-state index contributed by atoms with van der Waals surface area (Å²) in [6.45, 7) is 4.93. The van der Waals surface area contributed by atoms with Gasteiger partial charge in [0.1, 0.15) is 5.82 Å². The van der Waals surface area contributed by atoms with Crippen molar-refractivity contribution in [3.8, 4) is 0 Å². The summed E-state index contributed by atoms with van der Waals surface area (Å²) in [6, 6.07) is 6.99. The highest BCUT2D eigenvalue weighted by Crippen LogP contribution is 2.18. The fraction of sp³-hybridized carbons (Fsp3) is 0.400. The Morgan fingerprint density at radius 2 is 2.21 bits per heavy atom. The zero-order chi connectivity index (χ0) is 13.7. The third-order valence-electron chi connectivity index (χ3n) is 3.05. The van der Waals surface area contributed by atoms with Crippen molar-refractivity contribution in [2.75, 3.05) is 13.1 Å². The number of benzene rings is 1. The Labute approximate surface area is 113 Å². The molecule has 0 atom stereocenters. The molecule has 0 radical (unpaired) electrons. The molecule has 0 spiro atoms. The van der Waals surface area contributed by atoms with E-state index in [9.17, 15) is 9.18 Å². The SMILES string of the molecule is C=CCN(CC(=O)NC1CC1)Cc1ccccc1F. The molecule has 0 unspecified atom stereocenters. The number of nitrogens with zero attached hydrogens (tertiary/aromatic N) is 1. The summed E-state index contributed by atoms with van der Waals surface area (Å²) in [6.07, 6.45) is 3.87. The standard InChI is InChI=1S/C15H19FN2O/c1-2-9-18(11-15(19)17-13-7-8-13)10-12-5-3-4-6-14(12)16/h2-6,13H,1,7-11H2,(H,17,19). The van der Waals surface area contributed by atoms with E-state index in [1.165, 1.54) is 6.07 Å². The van der Waals surface area contributed by atoms with E-state index in [0.29, 0.717) is 24.7 Å². The second-order valence-corrected chi connectivity index (χ2v) is 4.89. The molecule has 0 aromatic heterocycles. The molecule has 0 heterocycles. The number of rotatable bonds is 7. The van der Waals surface area contributed by atoms with Crippen LogP contribution in [0.25, 0.3) is 0 Å². The van der Waals surface area contributed by atoms with E-state index in [1.54, 1.807) is 24.3 Å². The van der Waals surface area contributed by atoms with E-state index in [1.807, 2.05) is 4.90 Å². The van der Waals surface area contributed by atoms with Gasteiger partial charge in [-0.1, -0.05) is 24.3 Å². The smallest absolute Gasteiger partial charge is 0.234 e. The molecule has 1 aromatic carbocycles. The van der Waals surface area contributed by atoms with Gasteiger partial charge in [0, 0.05) is 24.7 Å². The highest BCUT2D eigenvalue weighted by molar-refractivity contribution is 5.78. The second-order valence-electron chi connectivity index (χ2n) is 4.89. The van der Waals surface area contributed by atoms with E-state index in [-0.39, 0.29) is 18.3 Å². The molecule has 19 heavy (non-hydrogen) atoms. The lowest BCUT2D eigenvalue weighted by atomic mass is 10.2. The summed E-state index contributed by atoms with van der Waals surface area (Å²) < 4.78 is 13.6. The first-order valence-corrected chi connectivity index (χ1v) is 6.55. The summed E-state index contributed by atoms with van der Waals surface area (Å²) in [5.74, 6) is -0.236. The topological polar surface area (TPSA) is 32.3 Å². The van der Waals surface area contributed by atoms with E-state index in [0.717, 1.165) is 12.8 Å². The molecule has 1 aliphatic rings. The third-order valence-corrected chi connectivity index (χ3v) is 3.05. The molecule has 1 fully saturated rings. The van der Waals surface area contributed by atoms with E-state index in [4.69, 9.17) is 0 Å². The molecule has 0 saturated heterocycles. The van der Waals surface area contributed by atoms with Gasteiger partial charge < -0.3 is 5.32 Å². The van der Waals surface area contributed by atoms with Crippen molar-refractivity contribution in [3.05, 3.63) is 48.3 Å². The quantitative estimate of drug-likeness (QED) is 0.763. The average molecular weight is 262 g/mol. The maximum absolute atomic E-state index is 13.6. The van der Waals surface area contributed by atoms with Crippen LogP contribution in [0.2, 0.25) is 0 Å². The maximum atomic E-state index is 13.6. The number of hydrogen-bond acceptors (Lipinski definition) is 2. The van der Waals surface area contributed by atoms with E-state index < -0.39 is 0 Å². The molecule has 1 saturated carbocycles. The van der Waals surface area contributed by atoms with Gasteiger partial charge in [-0.05, 0) is 18.9 Å². The first kappa shape index (κ1) is 13.7. The molecule has 3 nitrogen and oxygen atoms in total. The van der Waals surface area contributed by atoms with Crippen molar-refractivity contribution in [1.29, 1.82) is 0 Å². The number of carbonyl (C=O) groups is 1. The molecule has 102 valence electrons. The van der Waals surface area contributed by atoms with Crippen LogP contribution in [0.4, 0.5) is 4.39 Å². The number of nitrogens with one attached hydrogen (secondary N) is 1. The molecular formula is C15H19FN2O. The average Bonchev–Trinajstić information content (AvgIpc) is 3.16. The predicted molar refractivity (Wildman–Crippen MR) is 73.0 cm³/mol. The molecule has 0 bridgehead atoms. The van der Waals surface area contributed by atoms with E-state index in [2.05, 4.69) is 11.9 Å². The number of halogens is 1. The summed E-state index contributed by atoms with van der Waals surface area (Å²) in [5, 5.41) is 2.93. The van der Waals surface area contributed by atoms with Crippen LogP contribution < -0.4 is 5.32 Å². The van der Waals surface area contributed by atoms with Gasteiger partial charge in [-0.25, -0.2) is 4.39 Å². The molecule has 1 aromatic rings. The summed E-state index contributed by atoms with van der Waals surface area (Å²) in [4.78, 5) is 13.7. The number of amides is 1. The zero-order valence-electron chi connectivity index (χ0n) is 10.9. The maximum Gasteiger partial charge on any atom is 0.234 e. The van der Waals surface area contributed by atoms with Crippen molar-refractivity contribution in [2.24, 2.45) is 0 Å². The number of hydrogen-bond donors (Lipinski definition) is 1. The van der Waals surface area contributed by atoms with Gasteiger partial charge in [0.05, 0.1) is 6.54 Å². The molecule has 1 aliphatic carbocycles. The van der Waals surface area contributed by atoms with Crippen LogP contribution in [-0.2, 0) is 11.3 Å². The Morgan fingerprint density at radius 3 is 2.84 bits per heavy atom. The monoisotopic (exact) mass is 262 g/mol. The fourth-order valence-electron chi connectivity index (χ4n) is 1.94. The first-order chi connectivity index (χ1) is 9.19. The normalized spacial score (nSPS) is 14.4. The molecule has 2 rings (SSSR count). The van der Waals surface area contributed by atoms with Gasteiger partial charge in [0.25, 0.3) is 0 Å². The Morgan fingerprint density at radius 1 is 1.47 bits per heavy atom. The lowest BCUT2D eigenvalue weighted by Crippen LogP contribution is -2.38. The lowest BCUT2D eigenvalue weighted by Gasteiger charge is -2.20. The van der Waals surface area contributed by atoms with Crippen LogP contribution in [0.5, 0.6) is 0 Å². The van der Waals surface area contributed by atoms with Crippen LogP contribution in [0, 0.1) is 5.82 Å². The van der Waals surface area contributed by atoms with E-state index >= 15 is 0 Å². The lowest BCUT2D eigenvalue weighted by molar-refractivity contribution is -0.122. The minimum Gasteiger partial charge on any atom is -0.352 e.